The van der Waals surface area contributed by atoms with Gasteiger partial charge in [-0.15, -0.1) is 5.10 Å². The monoisotopic (exact) mass is 248 g/mol. The zero-order chi connectivity index (χ0) is 12.4. The molecule has 0 unspecified atom stereocenters. The van der Waals surface area contributed by atoms with Crippen molar-refractivity contribution in [2.45, 2.75) is 0 Å². The van der Waals surface area contributed by atoms with Crippen molar-refractivity contribution in [3.63, 3.8) is 0 Å². The first-order valence-corrected chi connectivity index (χ1v) is 4.84. The second kappa shape index (κ2) is 4.23. The Morgan fingerprint density at radius 2 is 2.29 bits per heavy atom. The van der Waals surface area contributed by atoms with Crippen molar-refractivity contribution < 1.29 is 9.90 Å². The molecule has 1 heterocycles. The summed E-state index contributed by atoms with van der Waals surface area (Å²) in [5.41, 5.74) is 0.294. The van der Waals surface area contributed by atoms with Crippen LogP contribution in [0.3, 0.4) is 0 Å². The molecule has 0 aliphatic carbocycles. The van der Waals surface area contributed by atoms with Crippen molar-refractivity contribution in [1.29, 1.82) is 5.26 Å². The third-order valence-electron chi connectivity index (χ3n) is 2.03. The van der Waals surface area contributed by atoms with E-state index in [9.17, 15) is 4.79 Å². The predicted molar refractivity (Wildman–Crippen MR) is 58.0 cm³/mol. The van der Waals surface area contributed by atoms with Crippen molar-refractivity contribution in [3.05, 3.63) is 40.9 Å². The van der Waals surface area contributed by atoms with Gasteiger partial charge in [-0.3, -0.25) is 0 Å². The third kappa shape index (κ3) is 2.09. The number of carboxylic acid groups (broad SMARTS) is 1. The van der Waals surface area contributed by atoms with Gasteiger partial charge >= 0.3 is 5.97 Å². The summed E-state index contributed by atoms with van der Waals surface area (Å²) in [5.74, 6) is -1.15. The minimum absolute atomic E-state index is 0.0313. The van der Waals surface area contributed by atoms with Gasteiger partial charge in [-0.05, 0) is 18.2 Å². The van der Waals surface area contributed by atoms with E-state index in [1.54, 1.807) is 6.07 Å². The third-order valence-corrected chi connectivity index (χ3v) is 2.26. The molecule has 0 amide bonds. The molecule has 0 atom stereocenters. The summed E-state index contributed by atoms with van der Waals surface area (Å²) < 4.78 is 1.20. The number of nitrogens with zero attached hydrogens (tertiary/aromatic N) is 4. The summed E-state index contributed by atoms with van der Waals surface area (Å²) in [6, 6.07) is 6.04. The number of aromatic carboxylic acids is 1. The molecular formula is C10H5ClN4O2. The predicted octanol–water partition coefficient (Wildman–Crippen LogP) is 1.49. The Labute approximate surface area is 101 Å². The van der Waals surface area contributed by atoms with Crippen molar-refractivity contribution in [2.75, 3.05) is 0 Å². The smallest absolute Gasteiger partial charge is 0.337 e. The highest BCUT2D eigenvalue weighted by molar-refractivity contribution is 6.30. The van der Waals surface area contributed by atoms with Gasteiger partial charge in [0.1, 0.15) is 12.4 Å². The highest BCUT2D eigenvalue weighted by atomic mass is 35.5. The molecule has 1 aromatic heterocycles. The number of hydrogen-bond acceptors (Lipinski definition) is 4. The number of aromatic nitrogens is 3. The standard InChI is InChI=1S/C10H5ClN4O2/c11-6-1-2-7(10(16)17)8(3-6)15-5-13-9(4-12)14-15/h1-3,5H,(H,16,17). The van der Waals surface area contributed by atoms with Crippen LogP contribution in [0.1, 0.15) is 16.2 Å². The summed E-state index contributed by atoms with van der Waals surface area (Å²) in [6.07, 6.45) is 1.26. The number of carbonyl (C=O) groups is 1. The fourth-order valence-corrected chi connectivity index (χ4v) is 1.47. The van der Waals surface area contributed by atoms with Gasteiger partial charge in [0.15, 0.2) is 0 Å². The summed E-state index contributed by atoms with van der Waals surface area (Å²) >= 11 is 5.79. The van der Waals surface area contributed by atoms with Gasteiger partial charge in [0.2, 0.25) is 0 Å². The Kier molecular flexibility index (Phi) is 2.77. The molecule has 2 rings (SSSR count). The van der Waals surface area contributed by atoms with E-state index < -0.39 is 5.97 Å². The molecule has 0 aliphatic heterocycles. The molecule has 0 fully saturated rings. The Balaban J connectivity index is 2.61. The van der Waals surface area contributed by atoms with Crippen LogP contribution in [0.2, 0.25) is 5.02 Å². The number of hydrogen-bond donors (Lipinski definition) is 1. The lowest BCUT2D eigenvalue weighted by Gasteiger charge is -2.05. The van der Waals surface area contributed by atoms with E-state index in [0.29, 0.717) is 5.02 Å². The maximum Gasteiger partial charge on any atom is 0.337 e. The second-order valence-corrected chi connectivity index (χ2v) is 3.53. The number of nitriles is 1. The van der Waals surface area contributed by atoms with Crippen LogP contribution in [0, 0.1) is 11.3 Å². The van der Waals surface area contributed by atoms with Crippen LogP contribution in [0.25, 0.3) is 5.69 Å². The molecule has 1 aromatic carbocycles. The number of halogens is 1. The average Bonchev–Trinajstić information content (AvgIpc) is 2.76. The number of carboxylic acids is 1. The topological polar surface area (TPSA) is 91.8 Å². The van der Waals surface area contributed by atoms with Gasteiger partial charge in [0, 0.05) is 5.02 Å². The number of benzene rings is 1. The van der Waals surface area contributed by atoms with Crippen molar-refractivity contribution in [1.82, 2.24) is 14.8 Å². The largest absolute Gasteiger partial charge is 0.478 e. The van der Waals surface area contributed by atoms with E-state index in [4.69, 9.17) is 22.0 Å². The van der Waals surface area contributed by atoms with Crippen LogP contribution in [0.4, 0.5) is 0 Å². The van der Waals surface area contributed by atoms with Crippen LogP contribution in [-0.4, -0.2) is 25.8 Å². The average molecular weight is 249 g/mol. The molecular weight excluding hydrogens is 244 g/mol. The molecule has 0 aliphatic rings. The Bertz CT molecular complexity index is 629. The van der Waals surface area contributed by atoms with Gasteiger partial charge in [-0.2, -0.15) is 5.26 Å². The summed E-state index contributed by atoms with van der Waals surface area (Å²) in [5, 5.41) is 21.8. The minimum atomic E-state index is -1.11. The SMILES string of the molecule is N#Cc1ncn(-c2cc(Cl)ccc2C(=O)O)n1. The lowest BCUT2D eigenvalue weighted by molar-refractivity contribution is 0.0696. The van der Waals surface area contributed by atoms with Gasteiger partial charge in [-0.1, -0.05) is 11.6 Å². The van der Waals surface area contributed by atoms with Gasteiger partial charge in [0.05, 0.1) is 11.3 Å². The molecule has 0 saturated carbocycles. The fraction of sp³-hybridized carbons (Fsp3) is 0. The van der Waals surface area contributed by atoms with Gasteiger partial charge < -0.3 is 5.11 Å². The maximum atomic E-state index is 11.0. The van der Waals surface area contributed by atoms with E-state index in [1.165, 1.54) is 29.2 Å². The lowest BCUT2D eigenvalue weighted by atomic mass is 10.2. The van der Waals surface area contributed by atoms with Gasteiger partial charge in [-0.25, -0.2) is 14.5 Å². The quantitative estimate of drug-likeness (QED) is 0.869. The van der Waals surface area contributed by atoms with E-state index in [0.717, 1.165) is 0 Å². The molecule has 2 aromatic rings. The summed E-state index contributed by atoms with van der Waals surface area (Å²) in [4.78, 5) is 14.7. The van der Waals surface area contributed by atoms with Crippen molar-refractivity contribution in [2.24, 2.45) is 0 Å². The zero-order valence-corrected chi connectivity index (χ0v) is 9.09. The fourth-order valence-electron chi connectivity index (χ4n) is 1.31. The number of rotatable bonds is 2. The molecule has 6 nitrogen and oxygen atoms in total. The lowest BCUT2D eigenvalue weighted by Crippen LogP contribution is -2.06. The van der Waals surface area contributed by atoms with Crippen LogP contribution in [0.5, 0.6) is 0 Å². The first-order valence-electron chi connectivity index (χ1n) is 4.47. The molecule has 17 heavy (non-hydrogen) atoms. The van der Waals surface area contributed by atoms with E-state index in [1.807, 2.05) is 0 Å². The first-order chi connectivity index (χ1) is 8.11. The van der Waals surface area contributed by atoms with Crippen molar-refractivity contribution in [3.8, 4) is 11.8 Å². The van der Waals surface area contributed by atoms with Gasteiger partial charge in [0.25, 0.3) is 5.82 Å². The molecule has 84 valence electrons. The zero-order valence-electron chi connectivity index (χ0n) is 8.33. The first kappa shape index (κ1) is 11.1. The summed E-state index contributed by atoms with van der Waals surface area (Å²) in [7, 11) is 0. The van der Waals surface area contributed by atoms with E-state index in [-0.39, 0.29) is 17.1 Å². The molecule has 0 bridgehead atoms. The highest BCUT2D eigenvalue weighted by Gasteiger charge is 2.13. The Morgan fingerprint density at radius 3 is 2.88 bits per heavy atom. The minimum Gasteiger partial charge on any atom is -0.478 e. The molecule has 0 spiro atoms. The molecule has 1 N–H and O–H groups in total. The molecule has 0 radical (unpaired) electrons. The summed E-state index contributed by atoms with van der Waals surface area (Å²) in [6.45, 7) is 0. The van der Waals surface area contributed by atoms with Crippen LogP contribution in [-0.2, 0) is 0 Å². The second-order valence-electron chi connectivity index (χ2n) is 3.09. The van der Waals surface area contributed by atoms with Crippen LogP contribution in [0.15, 0.2) is 24.5 Å². The van der Waals surface area contributed by atoms with Crippen LogP contribution < -0.4 is 0 Å². The normalized spacial score (nSPS) is 9.88. The van der Waals surface area contributed by atoms with E-state index in [2.05, 4.69) is 10.1 Å². The van der Waals surface area contributed by atoms with Crippen molar-refractivity contribution >= 4 is 17.6 Å². The Morgan fingerprint density at radius 1 is 1.53 bits per heavy atom. The molecule has 0 saturated heterocycles. The Hall–Kier alpha value is -2.39. The molecule has 7 heteroatoms. The maximum absolute atomic E-state index is 11.0. The van der Waals surface area contributed by atoms with E-state index >= 15 is 0 Å². The highest BCUT2D eigenvalue weighted by Crippen LogP contribution is 2.19. The van der Waals surface area contributed by atoms with Crippen LogP contribution >= 0.6 is 11.6 Å².